The molecule has 1 N–H and O–H groups in total. The number of carbonyl (C=O) groups is 1. The summed E-state index contributed by atoms with van der Waals surface area (Å²) in [4.78, 5) is 11.9. The van der Waals surface area contributed by atoms with Crippen LogP contribution in [-0.2, 0) is 4.79 Å². The second-order valence-corrected chi connectivity index (χ2v) is 4.94. The Balaban J connectivity index is 2.57. The van der Waals surface area contributed by atoms with Gasteiger partial charge in [0.2, 0.25) is 0 Å². The van der Waals surface area contributed by atoms with Gasteiger partial charge in [-0.1, -0.05) is 20.8 Å². The summed E-state index contributed by atoms with van der Waals surface area (Å²) < 4.78 is 0. The van der Waals surface area contributed by atoms with Crippen LogP contribution in [0.15, 0.2) is 0 Å². The summed E-state index contributed by atoms with van der Waals surface area (Å²) in [5.74, 6) is 0.976. The summed E-state index contributed by atoms with van der Waals surface area (Å²) in [6.45, 7) is 8.44. The molecule has 1 heterocycles. The summed E-state index contributed by atoms with van der Waals surface area (Å²) in [5.41, 5.74) is -0.122. The monoisotopic (exact) mass is 197 g/mol. The highest BCUT2D eigenvalue weighted by molar-refractivity contribution is 5.84. The molecule has 1 saturated heterocycles. The van der Waals surface area contributed by atoms with Gasteiger partial charge in [0.25, 0.3) is 0 Å². The molecule has 0 aromatic heterocycles. The van der Waals surface area contributed by atoms with Crippen molar-refractivity contribution in [3.63, 3.8) is 0 Å². The lowest BCUT2D eigenvalue weighted by atomic mass is 9.71. The first-order valence-corrected chi connectivity index (χ1v) is 5.83. The van der Waals surface area contributed by atoms with E-state index in [1.165, 1.54) is 12.8 Å². The highest BCUT2D eigenvalue weighted by Gasteiger charge is 2.35. The summed E-state index contributed by atoms with van der Waals surface area (Å²) in [5, 5.41) is 3.39. The molecule has 0 aliphatic carbocycles. The summed E-state index contributed by atoms with van der Waals surface area (Å²) >= 11 is 0. The molecule has 14 heavy (non-hydrogen) atoms. The zero-order valence-corrected chi connectivity index (χ0v) is 9.73. The fourth-order valence-corrected chi connectivity index (χ4v) is 2.24. The third-order valence-corrected chi connectivity index (χ3v) is 3.51. The molecule has 1 aliphatic rings. The lowest BCUT2D eigenvalue weighted by Crippen LogP contribution is -2.42. The number of nitrogens with one attached hydrogen (secondary N) is 1. The van der Waals surface area contributed by atoms with Crippen LogP contribution in [0.4, 0.5) is 0 Å². The molecule has 0 amide bonds. The van der Waals surface area contributed by atoms with Crippen molar-refractivity contribution >= 4 is 5.78 Å². The van der Waals surface area contributed by atoms with E-state index in [2.05, 4.69) is 26.1 Å². The first-order chi connectivity index (χ1) is 6.59. The molecule has 1 rings (SSSR count). The van der Waals surface area contributed by atoms with Gasteiger partial charge in [0, 0.05) is 11.8 Å². The van der Waals surface area contributed by atoms with E-state index in [1.54, 1.807) is 0 Å². The minimum atomic E-state index is -0.122. The van der Waals surface area contributed by atoms with E-state index >= 15 is 0 Å². The molecule has 82 valence electrons. The maximum Gasteiger partial charge on any atom is 0.138 e. The Bertz CT molecular complexity index is 192. The summed E-state index contributed by atoms with van der Waals surface area (Å²) in [7, 11) is 0. The van der Waals surface area contributed by atoms with Crippen molar-refractivity contribution in [2.75, 3.05) is 13.1 Å². The topological polar surface area (TPSA) is 29.1 Å². The van der Waals surface area contributed by atoms with Crippen LogP contribution >= 0.6 is 0 Å². The molecule has 1 atom stereocenters. The largest absolute Gasteiger partial charge is 0.316 e. The minimum absolute atomic E-state index is 0.122. The van der Waals surface area contributed by atoms with Crippen LogP contribution in [0.25, 0.3) is 0 Å². The number of ketones is 1. The number of rotatable bonds is 4. The first kappa shape index (κ1) is 11.7. The number of carbonyl (C=O) groups excluding carboxylic acids is 1. The van der Waals surface area contributed by atoms with E-state index in [0.717, 1.165) is 25.9 Å². The fourth-order valence-electron chi connectivity index (χ4n) is 2.24. The van der Waals surface area contributed by atoms with E-state index in [-0.39, 0.29) is 5.41 Å². The SMILES string of the molecule is CCCC(=O)C(C)(C)C1CCCNC1. The van der Waals surface area contributed by atoms with Crippen LogP contribution in [0.5, 0.6) is 0 Å². The number of hydrogen-bond donors (Lipinski definition) is 1. The van der Waals surface area contributed by atoms with Gasteiger partial charge in [0.05, 0.1) is 0 Å². The van der Waals surface area contributed by atoms with Crippen LogP contribution in [0.1, 0.15) is 46.5 Å². The van der Waals surface area contributed by atoms with Crippen LogP contribution in [0.3, 0.4) is 0 Å². The molecule has 0 aromatic rings. The number of Topliss-reactive ketones (excluding diaryl/α,β-unsaturated/α-hetero) is 1. The Morgan fingerprint density at radius 3 is 2.71 bits per heavy atom. The van der Waals surface area contributed by atoms with Crippen molar-refractivity contribution in [1.29, 1.82) is 0 Å². The lowest BCUT2D eigenvalue weighted by molar-refractivity contribution is -0.130. The zero-order chi connectivity index (χ0) is 10.6. The quantitative estimate of drug-likeness (QED) is 0.749. The Labute approximate surface area is 87.5 Å². The lowest BCUT2D eigenvalue weighted by Gasteiger charge is -2.36. The average Bonchev–Trinajstić information content (AvgIpc) is 2.19. The molecule has 0 radical (unpaired) electrons. The van der Waals surface area contributed by atoms with Crippen molar-refractivity contribution in [2.45, 2.75) is 46.5 Å². The second-order valence-electron chi connectivity index (χ2n) is 4.94. The summed E-state index contributed by atoms with van der Waals surface area (Å²) in [6.07, 6.45) is 4.13. The van der Waals surface area contributed by atoms with Gasteiger partial charge in [-0.15, -0.1) is 0 Å². The van der Waals surface area contributed by atoms with Gasteiger partial charge < -0.3 is 5.32 Å². The van der Waals surface area contributed by atoms with Gasteiger partial charge in [-0.3, -0.25) is 4.79 Å². The van der Waals surface area contributed by atoms with Crippen molar-refractivity contribution in [1.82, 2.24) is 5.32 Å². The molecule has 1 aliphatic heterocycles. The Hall–Kier alpha value is -0.370. The Kier molecular flexibility index (Phi) is 4.11. The maximum absolute atomic E-state index is 11.9. The molecular formula is C12H23NO. The molecule has 1 unspecified atom stereocenters. The van der Waals surface area contributed by atoms with Gasteiger partial charge >= 0.3 is 0 Å². The zero-order valence-electron chi connectivity index (χ0n) is 9.73. The van der Waals surface area contributed by atoms with Gasteiger partial charge in [-0.25, -0.2) is 0 Å². The molecule has 0 spiro atoms. The van der Waals surface area contributed by atoms with Crippen LogP contribution in [0.2, 0.25) is 0 Å². The normalized spacial score (nSPS) is 23.5. The van der Waals surface area contributed by atoms with E-state index in [4.69, 9.17) is 0 Å². The van der Waals surface area contributed by atoms with Crippen molar-refractivity contribution in [2.24, 2.45) is 11.3 Å². The molecular weight excluding hydrogens is 174 g/mol. The Morgan fingerprint density at radius 1 is 1.50 bits per heavy atom. The highest BCUT2D eigenvalue weighted by Crippen LogP contribution is 2.33. The van der Waals surface area contributed by atoms with Crippen molar-refractivity contribution in [3.8, 4) is 0 Å². The van der Waals surface area contributed by atoms with Gasteiger partial charge in [0.15, 0.2) is 0 Å². The molecule has 1 fully saturated rings. The minimum Gasteiger partial charge on any atom is -0.316 e. The molecule has 0 aromatic carbocycles. The summed E-state index contributed by atoms with van der Waals surface area (Å²) in [6, 6.07) is 0. The molecule has 2 nitrogen and oxygen atoms in total. The first-order valence-electron chi connectivity index (χ1n) is 5.83. The predicted octanol–water partition coefficient (Wildman–Crippen LogP) is 2.38. The third-order valence-electron chi connectivity index (χ3n) is 3.51. The smallest absolute Gasteiger partial charge is 0.138 e. The second kappa shape index (κ2) is 4.92. The maximum atomic E-state index is 11.9. The standard InChI is InChI=1S/C12H23NO/c1-4-6-11(14)12(2,3)10-7-5-8-13-9-10/h10,13H,4-9H2,1-3H3. The van der Waals surface area contributed by atoms with Crippen molar-refractivity contribution < 1.29 is 4.79 Å². The van der Waals surface area contributed by atoms with E-state index in [0.29, 0.717) is 11.7 Å². The molecule has 0 saturated carbocycles. The number of piperidine rings is 1. The van der Waals surface area contributed by atoms with Crippen molar-refractivity contribution in [3.05, 3.63) is 0 Å². The van der Waals surface area contributed by atoms with Crippen LogP contribution in [0, 0.1) is 11.3 Å². The third kappa shape index (κ3) is 2.57. The van der Waals surface area contributed by atoms with Gasteiger partial charge in [-0.05, 0) is 38.3 Å². The molecule has 2 heteroatoms. The number of hydrogen-bond acceptors (Lipinski definition) is 2. The van der Waals surface area contributed by atoms with E-state index in [9.17, 15) is 4.79 Å². The predicted molar refractivity (Wildman–Crippen MR) is 59.3 cm³/mol. The average molecular weight is 197 g/mol. The fraction of sp³-hybridized carbons (Fsp3) is 0.917. The highest BCUT2D eigenvalue weighted by atomic mass is 16.1. The van der Waals surface area contributed by atoms with Crippen LogP contribution in [-0.4, -0.2) is 18.9 Å². The Morgan fingerprint density at radius 2 is 2.21 bits per heavy atom. The molecule has 0 bridgehead atoms. The van der Waals surface area contributed by atoms with Gasteiger partial charge in [-0.2, -0.15) is 0 Å². The van der Waals surface area contributed by atoms with E-state index < -0.39 is 0 Å². The van der Waals surface area contributed by atoms with E-state index in [1.807, 2.05) is 0 Å². The van der Waals surface area contributed by atoms with Crippen LogP contribution < -0.4 is 5.32 Å². The van der Waals surface area contributed by atoms with Gasteiger partial charge in [0.1, 0.15) is 5.78 Å².